The van der Waals surface area contributed by atoms with Crippen molar-refractivity contribution < 1.29 is 9.90 Å². The lowest BCUT2D eigenvalue weighted by Gasteiger charge is -2.17. The third kappa shape index (κ3) is 2.43. The van der Waals surface area contributed by atoms with Gasteiger partial charge in [0.1, 0.15) is 11.7 Å². The highest BCUT2D eigenvalue weighted by Crippen LogP contribution is 2.26. The number of aliphatic carboxylic acids is 1. The second kappa shape index (κ2) is 5.07. The van der Waals surface area contributed by atoms with Crippen LogP contribution in [0, 0.1) is 6.92 Å². The molecule has 1 N–H and O–H groups in total. The predicted octanol–water partition coefficient (Wildman–Crippen LogP) is 2.14. The Labute approximate surface area is 117 Å². The summed E-state index contributed by atoms with van der Waals surface area (Å²) in [6, 6.07) is 8.24. The van der Waals surface area contributed by atoms with E-state index in [0.717, 1.165) is 18.5 Å². The monoisotopic (exact) mass is 271 g/mol. The van der Waals surface area contributed by atoms with E-state index in [0.29, 0.717) is 24.5 Å². The van der Waals surface area contributed by atoms with Gasteiger partial charge in [0.2, 0.25) is 0 Å². The summed E-state index contributed by atoms with van der Waals surface area (Å²) in [5, 5.41) is 13.7. The molecular formula is C15H17N3O2. The fraction of sp³-hybridized carbons (Fsp3) is 0.400. The van der Waals surface area contributed by atoms with E-state index in [4.69, 9.17) is 0 Å². The summed E-state index contributed by atoms with van der Waals surface area (Å²) in [5.74, 6) is -0.00822. The fourth-order valence-corrected chi connectivity index (χ4v) is 2.60. The lowest BCUT2D eigenvalue weighted by atomic mass is 10.00. The SMILES string of the molecule is Cc1ccc(Cc2nc3n(n2)CCCC3C(=O)O)cc1. The minimum Gasteiger partial charge on any atom is -0.481 e. The van der Waals surface area contributed by atoms with Crippen LogP contribution >= 0.6 is 0 Å². The van der Waals surface area contributed by atoms with Gasteiger partial charge in [-0.2, -0.15) is 5.10 Å². The number of aryl methyl sites for hydroxylation is 2. The molecule has 1 aromatic carbocycles. The van der Waals surface area contributed by atoms with E-state index >= 15 is 0 Å². The van der Waals surface area contributed by atoms with Crippen molar-refractivity contribution in [2.24, 2.45) is 0 Å². The van der Waals surface area contributed by atoms with Gasteiger partial charge in [-0.1, -0.05) is 29.8 Å². The van der Waals surface area contributed by atoms with E-state index in [2.05, 4.69) is 41.3 Å². The zero-order valence-corrected chi connectivity index (χ0v) is 11.4. The van der Waals surface area contributed by atoms with E-state index in [-0.39, 0.29) is 0 Å². The first-order valence-electron chi connectivity index (χ1n) is 6.85. The van der Waals surface area contributed by atoms with Gasteiger partial charge in [0, 0.05) is 13.0 Å². The summed E-state index contributed by atoms with van der Waals surface area (Å²) in [6.07, 6.45) is 2.14. The number of benzene rings is 1. The highest BCUT2D eigenvalue weighted by molar-refractivity contribution is 5.75. The van der Waals surface area contributed by atoms with Crippen LogP contribution in [0.1, 0.15) is 41.5 Å². The Morgan fingerprint density at radius 3 is 2.85 bits per heavy atom. The summed E-state index contributed by atoms with van der Waals surface area (Å²) in [4.78, 5) is 15.7. The standard InChI is InChI=1S/C15H17N3O2/c1-10-4-6-11(7-5-10)9-13-16-14-12(15(19)20)3-2-8-18(14)17-13/h4-7,12H,2-3,8-9H2,1H3,(H,19,20). The van der Waals surface area contributed by atoms with Crippen molar-refractivity contribution in [3.8, 4) is 0 Å². The van der Waals surface area contributed by atoms with Gasteiger partial charge < -0.3 is 5.11 Å². The molecule has 3 rings (SSSR count). The average Bonchev–Trinajstić information content (AvgIpc) is 2.83. The molecular weight excluding hydrogens is 254 g/mol. The molecule has 0 amide bonds. The number of nitrogens with zero attached hydrogens (tertiary/aromatic N) is 3. The Morgan fingerprint density at radius 1 is 1.40 bits per heavy atom. The molecule has 2 aromatic rings. The summed E-state index contributed by atoms with van der Waals surface area (Å²) >= 11 is 0. The van der Waals surface area contributed by atoms with Gasteiger partial charge in [-0.25, -0.2) is 9.67 Å². The van der Waals surface area contributed by atoms with Crippen LogP contribution in [0.25, 0.3) is 0 Å². The number of hydrogen-bond acceptors (Lipinski definition) is 3. The van der Waals surface area contributed by atoms with Crippen LogP contribution in [0.5, 0.6) is 0 Å². The van der Waals surface area contributed by atoms with E-state index in [1.807, 2.05) is 0 Å². The lowest BCUT2D eigenvalue weighted by molar-refractivity contribution is -0.139. The second-order valence-corrected chi connectivity index (χ2v) is 5.30. The second-order valence-electron chi connectivity index (χ2n) is 5.30. The van der Waals surface area contributed by atoms with Gasteiger partial charge in [-0.3, -0.25) is 4.79 Å². The van der Waals surface area contributed by atoms with Gasteiger partial charge in [0.25, 0.3) is 0 Å². The highest BCUT2D eigenvalue weighted by atomic mass is 16.4. The van der Waals surface area contributed by atoms with Crippen molar-refractivity contribution >= 4 is 5.97 Å². The molecule has 1 atom stereocenters. The van der Waals surface area contributed by atoms with Crippen LogP contribution in [0.4, 0.5) is 0 Å². The third-order valence-electron chi connectivity index (χ3n) is 3.70. The van der Waals surface area contributed by atoms with Crippen LogP contribution in [0.2, 0.25) is 0 Å². The van der Waals surface area contributed by atoms with Crippen molar-refractivity contribution in [3.05, 3.63) is 47.0 Å². The molecule has 20 heavy (non-hydrogen) atoms. The molecule has 1 aromatic heterocycles. The molecule has 0 aliphatic carbocycles. The number of fused-ring (bicyclic) bond motifs is 1. The van der Waals surface area contributed by atoms with Crippen molar-refractivity contribution in [2.45, 2.75) is 38.6 Å². The molecule has 1 aliphatic heterocycles. The Morgan fingerprint density at radius 2 is 2.15 bits per heavy atom. The largest absolute Gasteiger partial charge is 0.481 e. The highest BCUT2D eigenvalue weighted by Gasteiger charge is 2.29. The fourth-order valence-electron chi connectivity index (χ4n) is 2.60. The van der Waals surface area contributed by atoms with E-state index in [9.17, 15) is 9.90 Å². The number of aromatic nitrogens is 3. The number of carboxylic acid groups (broad SMARTS) is 1. The van der Waals surface area contributed by atoms with Gasteiger partial charge in [0.15, 0.2) is 5.82 Å². The van der Waals surface area contributed by atoms with Gasteiger partial charge in [0.05, 0.1) is 0 Å². The first-order valence-corrected chi connectivity index (χ1v) is 6.85. The van der Waals surface area contributed by atoms with Crippen LogP contribution in [0.15, 0.2) is 24.3 Å². The molecule has 5 nitrogen and oxygen atoms in total. The topological polar surface area (TPSA) is 68.0 Å². The van der Waals surface area contributed by atoms with Crippen molar-refractivity contribution in [1.82, 2.24) is 14.8 Å². The summed E-state index contributed by atoms with van der Waals surface area (Å²) in [7, 11) is 0. The number of carbonyl (C=O) groups is 1. The molecule has 5 heteroatoms. The molecule has 0 bridgehead atoms. The number of rotatable bonds is 3. The zero-order chi connectivity index (χ0) is 14.1. The van der Waals surface area contributed by atoms with Crippen molar-refractivity contribution in [3.63, 3.8) is 0 Å². The molecule has 0 saturated carbocycles. The van der Waals surface area contributed by atoms with E-state index in [1.54, 1.807) is 4.68 Å². The molecule has 104 valence electrons. The number of carboxylic acids is 1. The normalized spacial score (nSPS) is 17.8. The molecule has 2 heterocycles. The van der Waals surface area contributed by atoms with Crippen LogP contribution in [-0.2, 0) is 17.8 Å². The van der Waals surface area contributed by atoms with Gasteiger partial charge >= 0.3 is 5.97 Å². The predicted molar refractivity (Wildman–Crippen MR) is 73.6 cm³/mol. The van der Waals surface area contributed by atoms with Crippen LogP contribution in [0.3, 0.4) is 0 Å². The Balaban J connectivity index is 1.85. The summed E-state index contributed by atoms with van der Waals surface area (Å²) < 4.78 is 1.76. The summed E-state index contributed by atoms with van der Waals surface area (Å²) in [5.41, 5.74) is 2.36. The Kier molecular flexibility index (Phi) is 3.26. The maximum Gasteiger partial charge on any atom is 0.314 e. The minimum absolute atomic E-state index is 0.511. The molecule has 0 spiro atoms. The summed E-state index contributed by atoms with van der Waals surface area (Å²) in [6.45, 7) is 2.81. The molecule has 1 aliphatic rings. The van der Waals surface area contributed by atoms with Crippen molar-refractivity contribution in [1.29, 1.82) is 0 Å². The average molecular weight is 271 g/mol. The van der Waals surface area contributed by atoms with Gasteiger partial charge in [-0.15, -0.1) is 0 Å². The van der Waals surface area contributed by atoms with Crippen LogP contribution < -0.4 is 0 Å². The maximum atomic E-state index is 11.2. The Hall–Kier alpha value is -2.17. The first-order chi connectivity index (χ1) is 9.63. The molecule has 0 saturated heterocycles. The first kappa shape index (κ1) is 12.8. The van der Waals surface area contributed by atoms with Crippen molar-refractivity contribution in [2.75, 3.05) is 0 Å². The molecule has 1 unspecified atom stereocenters. The lowest BCUT2D eigenvalue weighted by Crippen LogP contribution is -2.22. The molecule has 0 radical (unpaired) electrons. The maximum absolute atomic E-state index is 11.2. The zero-order valence-electron chi connectivity index (χ0n) is 11.4. The third-order valence-corrected chi connectivity index (χ3v) is 3.70. The minimum atomic E-state index is -0.805. The number of hydrogen-bond donors (Lipinski definition) is 1. The smallest absolute Gasteiger partial charge is 0.314 e. The van der Waals surface area contributed by atoms with E-state index < -0.39 is 11.9 Å². The van der Waals surface area contributed by atoms with Crippen LogP contribution in [-0.4, -0.2) is 25.8 Å². The van der Waals surface area contributed by atoms with Gasteiger partial charge in [-0.05, 0) is 25.3 Å². The van der Waals surface area contributed by atoms with E-state index in [1.165, 1.54) is 5.56 Å². The quantitative estimate of drug-likeness (QED) is 0.928. The Bertz CT molecular complexity index is 631. The molecule has 0 fully saturated rings.